The molecule has 1 aliphatic rings. The van der Waals surface area contributed by atoms with E-state index in [2.05, 4.69) is 13.2 Å². The summed E-state index contributed by atoms with van der Waals surface area (Å²) in [5, 5.41) is 0. The van der Waals surface area contributed by atoms with Gasteiger partial charge in [0.15, 0.2) is 0 Å². The summed E-state index contributed by atoms with van der Waals surface area (Å²) >= 11 is 1.80. The molecule has 0 aliphatic carbocycles. The predicted molar refractivity (Wildman–Crippen MR) is 73.2 cm³/mol. The maximum absolute atomic E-state index is 11.8. The molecule has 0 saturated carbocycles. The lowest BCUT2D eigenvalue weighted by molar-refractivity contribution is -0.130. The summed E-state index contributed by atoms with van der Waals surface area (Å²) in [4.78, 5) is 13.8. The monoisotopic (exact) mass is 266 g/mol. The van der Waals surface area contributed by atoms with Gasteiger partial charge in [0, 0.05) is 19.5 Å². The zero-order valence-electron chi connectivity index (χ0n) is 10.2. The predicted octanol–water partition coefficient (Wildman–Crippen LogP) is 1.75. The van der Waals surface area contributed by atoms with Crippen molar-refractivity contribution in [2.45, 2.75) is 26.2 Å². The minimum absolute atomic E-state index is 0. The van der Waals surface area contributed by atoms with Gasteiger partial charge in [0.25, 0.3) is 0 Å². The van der Waals surface area contributed by atoms with E-state index >= 15 is 0 Å². The molecule has 0 spiro atoms. The maximum atomic E-state index is 11.8. The zero-order chi connectivity index (χ0) is 11.3. The summed E-state index contributed by atoms with van der Waals surface area (Å²) in [5.41, 5.74) is 5.87. The number of halogens is 1. The van der Waals surface area contributed by atoms with E-state index in [4.69, 9.17) is 5.73 Å². The van der Waals surface area contributed by atoms with Crippen LogP contribution in [-0.4, -0.2) is 42.4 Å². The van der Waals surface area contributed by atoms with Crippen molar-refractivity contribution >= 4 is 30.1 Å². The molecule has 0 radical (unpaired) electrons. The Hall–Kier alpha value is 0.0700. The van der Waals surface area contributed by atoms with Crippen molar-refractivity contribution in [3.05, 3.63) is 0 Å². The highest BCUT2D eigenvalue weighted by molar-refractivity contribution is 7.98. The van der Waals surface area contributed by atoms with Crippen LogP contribution in [0.1, 0.15) is 26.2 Å². The number of likely N-dealkylation sites (tertiary alicyclic amines) is 1. The standard InChI is InChI=1S/C11H22N2OS.ClH/c1-11(8-12)5-6-13(9-11)10(14)4-3-7-15-2;/h3-9,12H2,1-2H3;1H. The number of nitrogens with two attached hydrogens (primary N) is 1. The normalized spacial score (nSPS) is 24.3. The average molecular weight is 267 g/mol. The van der Waals surface area contributed by atoms with Crippen LogP contribution in [0.4, 0.5) is 0 Å². The van der Waals surface area contributed by atoms with E-state index in [9.17, 15) is 4.79 Å². The number of nitrogens with zero attached hydrogens (tertiary/aromatic N) is 1. The van der Waals surface area contributed by atoms with E-state index < -0.39 is 0 Å². The number of hydrogen-bond acceptors (Lipinski definition) is 3. The van der Waals surface area contributed by atoms with Gasteiger partial charge in [0.05, 0.1) is 0 Å². The van der Waals surface area contributed by atoms with Gasteiger partial charge >= 0.3 is 0 Å². The van der Waals surface area contributed by atoms with Gasteiger partial charge in [-0.25, -0.2) is 0 Å². The Morgan fingerprint density at radius 2 is 2.25 bits per heavy atom. The van der Waals surface area contributed by atoms with Gasteiger partial charge in [-0.05, 0) is 36.8 Å². The van der Waals surface area contributed by atoms with Crippen LogP contribution in [-0.2, 0) is 4.79 Å². The van der Waals surface area contributed by atoms with E-state index in [1.807, 2.05) is 4.90 Å². The highest BCUT2D eigenvalue weighted by Crippen LogP contribution is 2.28. The maximum Gasteiger partial charge on any atom is 0.222 e. The van der Waals surface area contributed by atoms with Crippen molar-refractivity contribution in [2.75, 3.05) is 31.6 Å². The molecule has 1 unspecified atom stereocenters. The fraction of sp³-hybridized carbons (Fsp3) is 0.909. The number of amides is 1. The molecule has 16 heavy (non-hydrogen) atoms. The van der Waals surface area contributed by atoms with E-state index in [-0.39, 0.29) is 17.8 Å². The summed E-state index contributed by atoms with van der Waals surface area (Å²) in [6.45, 7) is 4.59. The van der Waals surface area contributed by atoms with Crippen LogP contribution in [0.5, 0.6) is 0 Å². The molecule has 1 rings (SSSR count). The first-order chi connectivity index (χ1) is 7.11. The molecule has 2 N–H and O–H groups in total. The van der Waals surface area contributed by atoms with Gasteiger partial charge in [-0.1, -0.05) is 6.92 Å². The fourth-order valence-corrected chi connectivity index (χ4v) is 2.36. The lowest BCUT2D eigenvalue weighted by Gasteiger charge is -2.22. The first kappa shape index (κ1) is 16.1. The molecule has 1 atom stereocenters. The van der Waals surface area contributed by atoms with Gasteiger partial charge in [-0.3, -0.25) is 4.79 Å². The molecule has 1 aliphatic heterocycles. The molecule has 0 aromatic heterocycles. The van der Waals surface area contributed by atoms with Gasteiger partial charge in [-0.2, -0.15) is 11.8 Å². The van der Waals surface area contributed by atoms with E-state index in [0.29, 0.717) is 18.9 Å². The van der Waals surface area contributed by atoms with Gasteiger partial charge in [0.1, 0.15) is 0 Å². The number of thioether (sulfide) groups is 1. The molecule has 5 heteroatoms. The van der Waals surface area contributed by atoms with Crippen LogP contribution in [0.25, 0.3) is 0 Å². The summed E-state index contributed by atoms with van der Waals surface area (Å²) in [7, 11) is 0. The lowest BCUT2D eigenvalue weighted by Crippen LogP contribution is -2.34. The van der Waals surface area contributed by atoms with E-state index in [1.165, 1.54) is 0 Å². The van der Waals surface area contributed by atoms with Crippen molar-refractivity contribution in [1.82, 2.24) is 4.90 Å². The van der Waals surface area contributed by atoms with Crippen molar-refractivity contribution in [3.8, 4) is 0 Å². The van der Waals surface area contributed by atoms with Gasteiger partial charge in [0.2, 0.25) is 5.91 Å². The van der Waals surface area contributed by atoms with E-state index in [0.717, 1.165) is 31.7 Å². The first-order valence-electron chi connectivity index (χ1n) is 5.58. The number of carbonyl (C=O) groups excluding carboxylic acids is 1. The zero-order valence-corrected chi connectivity index (χ0v) is 11.8. The number of rotatable bonds is 5. The summed E-state index contributed by atoms with van der Waals surface area (Å²) in [6, 6.07) is 0. The molecule has 1 heterocycles. The Morgan fingerprint density at radius 1 is 1.56 bits per heavy atom. The highest BCUT2D eigenvalue weighted by Gasteiger charge is 2.34. The largest absolute Gasteiger partial charge is 0.342 e. The Morgan fingerprint density at radius 3 is 2.75 bits per heavy atom. The van der Waals surface area contributed by atoms with Crippen molar-refractivity contribution in [3.63, 3.8) is 0 Å². The Bertz CT molecular complexity index is 228. The van der Waals surface area contributed by atoms with Crippen LogP contribution in [0, 0.1) is 5.41 Å². The second-order valence-electron chi connectivity index (χ2n) is 4.68. The van der Waals surface area contributed by atoms with Crippen LogP contribution in [0.2, 0.25) is 0 Å². The summed E-state index contributed by atoms with van der Waals surface area (Å²) < 4.78 is 0. The van der Waals surface area contributed by atoms with Crippen LogP contribution < -0.4 is 5.73 Å². The third kappa shape index (κ3) is 4.52. The van der Waals surface area contributed by atoms with Gasteiger partial charge < -0.3 is 10.6 Å². The molecule has 3 nitrogen and oxygen atoms in total. The second kappa shape index (κ2) is 7.41. The lowest BCUT2D eigenvalue weighted by atomic mass is 9.90. The Kier molecular flexibility index (Phi) is 7.44. The Labute approximate surface area is 109 Å². The van der Waals surface area contributed by atoms with Crippen molar-refractivity contribution < 1.29 is 4.79 Å². The minimum atomic E-state index is 0. The van der Waals surface area contributed by atoms with Crippen LogP contribution in [0.15, 0.2) is 0 Å². The van der Waals surface area contributed by atoms with Crippen molar-refractivity contribution in [2.24, 2.45) is 11.1 Å². The third-order valence-corrected chi connectivity index (χ3v) is 3.84. The molecular weight excluding hydrogens is 244 g/mol. The molecule has 1 amide bonds. The molecule has 1 saturated heterocycles. The quantitative estimate of drug-likeness (QED) is 0.772. The van der Waals surface area contributed by atoms with Crippen LogP contribution in [0.3, 0.4) is 0 Å². The van der Waals surface area contributed by atoms with E-state index in [1.54, 1.807) is 11.8 Å². The summed E-state index contributed by atoms with van der Waals surface area (Å²) in [5.74, 6) is 1.38. The Balaban J connectivity index is 0.00000225. The molecule has 0 aromatic rings. The topological polar surface area (TPSA) is 46.3 Å². The molecule has 0 aromatic carbocycles. The summed E-state index contributed by atoms with van der Waals surface area (Å²) in [6.07, 6.45) is 4.82. The molecular formula is C11H23ClN2OS. The SMILES string of the molecule is CSCCCC(=O)N1CCC(C)(CN)C1.Cl. The van der Waals surface area contributed by atoms with Crippen molar-refractivity contribution in [1.29, 1.82) is 0 Å². The third-order valence-electron chi connectivity index (χ3n) is 3.14. The van der Waals surface area contributed by atoms with Gasteiger partial charge in [-0.15, -0.1) is 12.4 Å². The second-order valence-corrected chi connectivity index (χ2v) is 5.66. The molecule has 1 fully saturated rings. The minimum Gasteiger partial charge on any atom is -0.342 e. The molecule has 0 bridgehead atoms. The fourth-order valence-electron chi connectivity index (χ4n) is 1.93. The first-order valence-corrected chi connectivity index (χ1v) is 6.97. The average Bonchev–Trinajstić information content (AvgIpc) is 2.62. The highest BCUT2D eigenvalue weighted by atomic mass is 35.5. The number of hydrogen-bond donors (Lipinski definition) is 1. The number of carbonyl (C=O) groups is 1. The molecule has 96 valence electrons. The van der Waals surface area contributed by atoms with Crippen LogP contribution >= 0.6 is 24.2 Å². The smallest absolute Gasteiger partial charge is 0.222 e.